The molecule has 9 heteroatoms. The number of aliphatic hydroxyl groups excluding tert-OH is 2. The first-order valence-corrected chi connectivity index (χ1v) is 8.00. The predicted octanol–water partition coefficient (Wildman–Crippen LogP) is -0.466. The van der Waals surface area contributed by atoms with Crippen LogP contribution in [0.4, 0.5) is 0 Å². The van der Waals surface area contributed by atoms with Crippen molar-refractivity contribution >= 4 is 5.97 Å². The molecule has 1 aromatic heterocycles. The molecule has 2 aromatic rings. The highest BCUT2D eigenvalue weighted by Gasteiger charge is 2.35. The van der Waals surface area contributed by atoms with Gasteiger partial charge in [0.05, 0.1) is 12.7 Å². The van der Waals surface area contributed by atoms with Crippen molar-refractivity contribution in [2.24, 2.45) is 0 Å². The number of ether oxygens (including phenoxy) is 2. The van der Waals surface area contributed by atoms with Gasteiger partial charge < -0.3 is 19.7 Å². The third kappa shape index (κ3) is 3.74. The second-order valence-corrected chi connectivity index (χ2v) is 5.89. The topological polar surface area (TPSA) is 131 Å². The lowest BCUT2D eigenvalue weighted by Crippen LogP contribution is -2.36. The average Bonchev–Trinajstić information content (AvgIpc) is 3.01. The van der Waals surface area contributed by atoms with Gasteiger partial charge in [0.2, 0.25) is 0 Å². The van der Waals surface area contributed by atoms with E-state index in [2.05, 4.69) is 0 Å². The van der Waals surface area contributed by atoms with Crippen molar-refractivity contribution < 1.29 is 24.5 Å². The van der Waals surface area contributed by atoms with Gasteiger partial charge >= 0.3 is 11.7 Å². The maximum absolute atomic E-state index is 12.2. The molecule has 0 bridgehead atoms. The first-order chi connectivity index (χ1) is 12.5. The first kappa shape index (κ1) is 18.1. The van der Waals surface area contributed by atoms with E-state index in [4.69, 9.17) is 14.6 Å². The van der Waals surface area contributed by atoms with Crippen LogP contribution in [0.5, 0.6) is 0 Å². The standard InChI is InChI=1S/C17H18N2O7/c20-8-13-12(21)6-14(26-13)19-7-11(15(22)18-17(19)24)16(23)25-9-10-4-2-1-3-5-10/h1-5,7,12-14,20-21H,6,8-9H2,(H,18,22,24)/t12-,13+,14+/m0/s1. The molecule has 3 atom stereocenters. The number of carbonyl (C=O) groups is 1. The van der Waals surface area contributed by atoms with Crippen molar-refractivity contribution in [1.82, 2.24) is 9.55 Å². The van der Waals surface area contributed by atoms with Crippen molar-refractivity contribution in [3.63, 3.8) is 0 Å². The van der Waals surface area contributed by atoms with E-state index >= 15 is 0 Å². The van der Waals surface area contributed by atoms with Crippen molar-refractivity contribution in [2.75, 3.05) is 6.61 Å². The predicted molar refractivity (Wildman–Crippen MR) is 88.5 cm³/mol. The van der Waals surface area contributed by atoms with E-state index in [1.165, 1.54) is 0 Å². The summed E-state index contributed by atoms with van der Waals surface area (Å²) < 4.78 is 11.5. The average molecular weight is 362 g/mol. The van der Waals surface area contributed by atoms with Crippen molar-refractivity contribution in [1.29, 1.82) is 0 Å². The second-order valence-electron chi connectivity index (χ2n) is 5.89. The minimum Gasteiger partial charge on any atom is -0.457 e. The van der Waals surface area contributed by atoms with Crippen LogP contribution in [0, 0.1) is 0 Å². The van der Waals surface area contributed by atoms with Gasteiger partial charge in [0.1, 0.15) is 24.5 Å². The van der Waals surface area contributed by atoms with Gasteiger partial charge in [0.15, 0.2) is 0 Å². The number of aliphatic hydroxyl groups is 2. The number of hydrogen-bond donors (Lipinski definition) is 3. The zero-order valence-corrected chi connectivity index (χ0v) is 13.7. The van der Waals surface area contributed by atoms with E-state index in [0.29, 0.717) is 0 Å². The second kappa shape index (κ2) is 7.65. The third-order valence-electron chi connectivity index (χ3n) is 4.09. The Morgan fingerprint density at radius 3 is 2.69 bits per heavy atom. The molecule has 26 heavy (non-hydrogen) atoms. The van der Waals surface area contributed by atoms with Crippen LogP contribution in [-0.4, -0.2) is 44.5 Å². The van der Waals surface area contributed by atoms with Gasteiger partial charge in [-0.05, 0) is 5.56 Å². The molecule has 1 fully saturated rings. The van der Waals surface area contributed by atoms with Gasteiger partial charge in [0.25, 0.3) is 5.56 Å². The van der Waals surface area contributed by atoms with Crippen LogP contribution < -0.4 is 11.2 Å². The fraction of sp³-hybridized carbons (Fsp3) is 0.353. The first-order valence-electron chi connectivity index (χ1n) is 8.00. The molecule has 0 spiro atoms. The number of benzene rings is 1. The number of hydrogen-bond acceptors (Lipinski definition) is 7. The fourth-order valence-corrected chi connectivity index (χ4v) is 2.70. The van der Waals surface area contributed by atoms with Gasteiger partial charge in [-0.3, -0.25) is 14.3 Å². The third-order valence-corrected chi connectivity index (χ3v) is 4.09. The Bertz CT molecular complexity index is 890. The zero-order valence-electron chi connectivity index (χ0n) is 13.7. The zero-order chi connectivity index (χ0) is 18.7. The van der Waals surface area contributed by atoms with Gasteiger partial charge in [-0.15, -0.1) is 0 Å². The number of H-pyrrole nitrogens is 1. The lowest BCUT2D eigenvalue weighted by Gasteiger charge is -2.15. The van der Waals surface area contributed by atoms with E-state index in [-0.39, 0.29) is 18.6 Å². The molecule has 1 aromatic carbocycles. The molecular formula is C17H18N2O7. The smallest absolute Gasteiger partial charge is 0.345 e. The van der Waals surface area contributed by atoms with Crippen LogP contribution in [0.15, 0.2) is 46.1 Å². The molecule has 0 radical (unpaired) electrons. The molecule has 2 heterocycles. The Labute approximate surface area is 147 Å². The highest BCUT2D eigenvalue weighted by Crippen LogP contribution is 2.27. The van der Waals surface area contributed by atoms with Crippen LogP contribution in [0.25, 0.3) is 0 Å². The van der Waals surface area contributed by atoms with Crippen molar-refractivity contribution in [2.45, 2.75) is 31.5 Å². The summed E-state index contributed by atoms with van der Waals surface area (Å²) in [5.74, 6) is -0.888. The number of rotatable bonds is 5. The van der Waals surface area contributed by atoms with Gasteiger partial charge in [-0.1, -0.05) is 30.3 Å². The normalized spacial score (nSPS) is 22.3. The molecule has 1 saturated heterocycles. The van der Waals surface area contributed by atoms with E-state index < -0.39 is 42.3 Å². The minimum absolute atomic E-state index is 0.0243. The number of carbonyl (C=O) groups excluding carboxylic acids is 1. The van der Waals surface area contributed by atoms with Crippen LogP contribution in [0.2, 0.25) is 0 Å². The number of aromatic nitrogens is 2. The number of nitrogens with one attached hydrogen (secondary N) is 1. The number of nitrogens with zero attached hydrogens (tertiary/aromatic N) is 1. The highest BCUT2D eigenvalue weighted by atomic mass is 16.5. The summed E-state index contributed by atoms with van der Waals surface area (Å²) in [6, 6.07) is 8.93. The lowest BCUT2D eigenvalue weighted by molar-refractivity contribution is -0.0460. The van der Waals surface area contributed by atoms with Gasteiger partial charge in [0, 0.05) is 12.6 Å². The van der Waals surface area contributed by atoms with Gasteiger partial charge in [-0.2, -0.15) is 0 Å². The largest absolute Gasteiger partial charge is 0.457 e. The van der Waals surface area contributed by atoms with E-state index in [0.717, 1.165) is 16.3 Å². The molecule has 0 saturated carbocycles. The summed E-state index contributed by atoms with van der Waals surface area (Å²) in [5.41, 5.74) is -1.27. The van der Waals surface area contributed by atoms with Crippen molar-refractivity contribution in [3.8, 4) is 0 Å². The minimum atomic E-state index is -0.961. The quantitative estimate of drug-likeness (QED) is 0.613. The Hall–Kier alpha value is -2.75. The molecular weight excluding hydrogens is 344 g/mol. The molecule has 1 aliphatic heterocycles. The number of esters is 1. The summed E-state index contributed by atoms with van der Waals surface area (Å²) in [6.45, 7) is -0.439. The summed E-state index contributed by atoms with van der Waals surface area (Å²) in [6.07, 6.45) is -1.63. The monoisotopic (exact) mass is 362 g/mol. The molecule has 9 nitrogen and oxygen atoms in total. The molecule has 0 unspecified atom stereocenters. The van der Waals surface area contributed by atoms with E-state index in [1.807, 2.05) is 11.1 Å². The highest BCUT2D eigenvalue weighted by molar-refractivity contribution is 5.88. The molecule has 138 valence electrons. The SMILES string of the molecule is O=C(OCc1ccccc1)c1cn([C@H]2C[C@H](O)[C@@H](CO)O2)c(=O)[nH]c1=O. The van der Waals surface area contributed by atoms with Crippen LogP contribution >= 0.6 is 0 Å². The maximum atomic E-state index is 12.2. The van der Waals surface area contributed by atoms with Crippen LogP contribution in [0.3, 0.4) is 0 Å². The summed E-state index contributed by atoms with van der Waals surface area (Å²) in [4.78, 5) is 38.2. The summed E-state index contributed by atoms with van der Waals surface area (Å²) in [7, 11) is 0. The Morgan fingerprint density at radius 1 is 1.31 bits per heavy atom. The van der Waals surface area contributed by atoms with Crippen LogP contribution in [0.1, 0.15) is 28.6 Å². The van der Waals surface area contributed by atoms with Crippen molar-refractivity contribution in [3.05, 3.63) is 68.5 Å². The lowest BCUT2D eigenvalue weighted by atomic mass is 10.2. The Balaban J connectivity index is 1.81. The molecule has 3 N–H and O–H groups in total. The van der Waals surface area contributed by atoms with Gasteiger partial charge in [-0.25, -0.2) is 9.59 Å². The molecule has 0 aliphatic carbocycles. The maximum Gasteiger partial charge on any atom is 0.345 e. The summed E-state index contributed by atoms with van der Waals surface area (Å²) >= 11 is 0. The fourth-order valence-electron chi connectivity index (χ4n) is 2.70. The molecule has 1 aliphatic rings. The van der Waals surface area contributed by atoms with Crippen LogP contribution in [-0.2, 0) is 16.1 Å². The Kier molecular flexibility index (Phi) is 5.31. The van der Waals surface area contributed by atoms with E-state index in [9.17, 15) is 19.5 Å². The Morgan fingerprint density at radius 2 is 2.04 bits per heavy atom. The molecule has 0 amide bonds. The summed E-state index contributed by atoms with van der Waals surface area (Å²) in [5, 5.41) is 18.9. The van der Waals surface area contributed by atoms with E-state index in [1.54, 1.807) is 24.3 Å². The number of aromatic amines is 1. The molecule has 3 rings (SSSR count).